The molecular weight excluding hydrogens is 590 g/mol. The molecule has 4 aromatic rings. The van der Waals surface area contributed by atoms with Crippen molar-refractivity contribution in [2.75, 3.05) is 4.90 Å². The number of carboxylic acid groups (broad SMARTS) is 1. The molecule has 47 heavy (non-hydrogen) atoms. The number of ether oxygens (including phenoxy) is 1. The Morgan fingerprint density at radius 3 is 2.26 bits per heavy atom. The molecule has 2 amide bonds. The minimum Gasteiger partial charge on any atom is -0.481 e. The van der Waals surface area contributed by atoms with E-state index >= 15 is 0 Å². The number of benzene rings is 4. The molecule has 1 aliphatic heterocycles. The van der Waals surface area contributed by atoms with Gasteiger partial charge in [-0.25, -0.2) is 4.99 Å². The molecule has 2 N–H and O–H groups in total. The summed E-state index contributed by atoms with van der Waals surface area (Å²) in [4.78, 5) is 47.3. The van der Waals surface area contributed by atoms with E-state index in [-0.39, 0.29) is 18.9 Å². The molecule has 240 valence electrons. The summed E-state index contributed by atoms with van der Waals surface area (Å²) >= 11 is 0. The van der Waals surface area contributed by atoms with Crippen LogP contribution in [-0.4, -0.2) is 34.8 Å². The number of nitrogens with zero attached hydrogens (tertiary/aromatic N) is 2. The van der Waals surface area contributed by atoms with E-state index in [1.165, 1.54) is 6.08 Å². The van der Waals surface area contributed by atoms with Crippen LogP contribution in [0.3, 0.4) is 0 Å². The molecule has 0 aliphatic carbocycles. The van der Waals surface area contributed by atoms with Gasteiger partial charge in [0, 0.05) is 11.1 Å². The van der Waals surface area contributed by atoms with Gasteiger partial charge in [0.15, 0.2) is 0 Å². The highest BCUT2D eigenvalue weighted by Crippen LogP contribution is 2.32. The number of hydrogen-bond donors (Lipinski definition) is 2. The zero-order chi connectivity index (χ0) is 33.3. The number of hydrogen-bond acceptors (Lipinski definition) is 5. The van der Waals surface area contributed by atoms with E-state index in [1.807, 2.05) is 123 Å². The zero-order valence-electron chi connectivity index (χ0n) is 26.6. The molecule has 8 heteroatoms. The number of anilines is 1. The van der Waals surface area contributed by atoms with Crippen LogP contribution in [0.15, 0.2) is 127 Å². The molecule has 0 spiro atoms. The van der Waals surface area contributed by atoms with E-state index in [0.717, 1.165) is 16.7 Å². The predicted molar refractivity (Wildman–Crippen MR) is 183 cm³/mol. The van der Waals surface area contributed by atoms with Gasteiger partial charge in [-0.2, -0.15) is 0 Å². The van der Waals surface area contributed by atoms with Crippen molar-refractivity contribution in [2.24, 2.45) is 22.7 Å². The Morgan fingerprint density at radius 1 is 0.915 bits per heavy atom. The van der Waals surface area contributed by atoms with Crippen LogP contribution in [0.5, 0.6) is 11.5 Å². The highest BCUT2D eigenvalue weighted by Gasteiger charge is 2.38. The van der Waals surface area contributed by atoms with Crippen molar-refractivity contribution < 1.29 is 24.2 Å². The number of rotatable bonds is 13. The van der Waals surface area contributed by atoms with Gasteiger partial charge in [-0.05, 0) is 54.7 Å². The average Bonchev–Trinajstić information content (AvgIpc) is 3.18. The number of nitrogens with one attached hydrogen (secondary N) is 1. The second kappa shape index (κ2) is 15.2. The monoisotopic (exact) mass is 629 g/mol. The number of para-hydroxylation sites is 2. The minimum atomic E-state index is -1.30. The van der Waals surface area contributed by atoms with Gasteiger partial charge in [-0.1, -0.05) is 98.8 Å². The number of aliphatic carboxylic acids is 1. The maximum atomic E-state index is 14.5. The van der Waals surface area contributed by atoms with Gasteiger partial charge in [-0.15, -0.1) is 6.58 Å². The molecule has 2 unspecified atom stereocenters. The average molecular weight is 630 g/mol. The first-order valence-electron chi connectivity index (χ1n) is 15.7. The Kier molecular flexibility index (Phi) is 10.6. The lowest BCUT2D eigenvalue weighted by Crippen LogP contribution is -2.50. The molecule has 1 heterocycles. The van der Waals surface area contributed by atoms with E-state index in [1.54, 1.807) is 4.90 Å². The lowest BCUT2D eigenvalue weighted by atomic mass is 9.82. The maximum absolute atomic E-state index is 14.5. The number of allylic oxidation sites excluding steroid dienone is 1. The highest BCUT2D eigenvalue weighted by atomic mass is 16.5. The number of carbonyl (C=O) groups excluding carboxylic acids is 2. The number of amides is 2. The Bertz CT molecular complexity index is 1750. The van der Waals surface area contributed by atoms with Crippen LogP contribution in [0.4, 0.5) is 5.69 Å². The van der Waals surface area contributed by atoms with Crippen LogP contribution in [0.2, 0.25) is 0 Å². The van der Waals surface area contributed by atoms with E-state index in [2.05, 4.69) is 11.9 Å². The molecule has 0 saturated heterocycles. The van der Waals surface area contributed by atoms with E-state index in [0.29, 0.717) is 29.3 Å². The fourth-order valence-corrected chi connectivity index (χ4v) is 5.85. The Morgan fingerprint density at radius 2 is 1.57 bits per heavy atom. The first kappa shape index (κ1) is 32.9. The summed E-state index contributed by atoms with van der Waals surface area (Å²) in [7, 11) is 0. The zero-order valence-corrected chi connectivity index (χ0v) is 26.6. The normalized spacial score (nSPS) is 15.6. The molecule has 0 bridgehead atoms. The van der Waals surface area contributed by atoms with Crippen molar-refractivity contribution in [3.8, 4) is 11.5 Å². The summed E-state index contributed by atoms with van der Waals surface area (Å²) in [5.74, 6) is -2.59. The molecule has 0 radical (unpaired) electrons. The highest BCUT2D eigenvalue weighted by molar-refractivity contribution is 6.20. The number of carbonyl (C=O) groups is 3. The molecule has 3 atom stereocenters. The first-order valence-corrected chi connectivity index (χ1v) is 15.7. The molecule has 0 saturated carbocycles. The van der Waals surface area contributed by atoms with Gasteiger partial charge in [-0.3, -0.25) is 14.4 Å². The van der Waals surface area contributed by atoms with Gasteiger partial charge in [0.05, 0.1) is 29.8 Å². The second-order valence-corrected chi connectivity index (χ2v) is 12.0. The van der Waals surface area contributed by atoms with Crippen LogP contribution < -0.4 is 15.0 Å². The summed E-state index contributed by atoms with van der Waals surface area (Å²) in [5.41, 5.74) is 3.50. The molecule has 8 nitrogen and oxygen atoms in total. The second-order valence-electron chi connectivity index (χ2n) is 12.0. The Labute approximate surface area is 275 Å². The van der Waals surface area contributed by atoms with Crippen molar-refractivity contribution in [3.05, 3.63) is 139 Å². The van der Waals surface area contributed by atoms with Gasteiger partial charge in [0.2, 0.25) is 12.1 Å². The van der Waals surface area contributed by atoms with Gasteiger partial charge in [0.1, 0.15) is 11.5 Å². The van der Waals surface area contributed by atoms with Gasteiger partial charge < -0.3 is 20.1 Å². The predicted octanol–water partition coefficient (Wildman–Crippen LogP) is 7.24. The smallest absolute Gasteiger partial charge is 0.307 e. The lowest BCUT2D eigenvalue weighted by molar-refractivity contribution is -0.147. The van der Waals surface area contributed by atoms with Crippen molar-refractivity contribution >= 4 is 29.2 Å². The molecule has 5 rings (SSSR count). The van der Waals surface area contributed by atoms with Crippen LogP contribution in [0.1, 0.15) is 43.4 Å². The summed E-state index contributed by atoms with van der Waals surface area (Å²) in [5, 5.41) is 12.9. The van der Waals surface area contributed by atoms with Crippen molar-refractivity contribution in [1.82, 2.24) is 5.32 Å². The van der Waals surface area contributed by atoms with Gasteiger partial charge >= 0.3 is 5.97 Å². The van der Waals surface area contributed by atoms with Crippen molar-refractivity contribution in [2.45, 2.75) is 39.4 Å². The lowest BCUT2D eigenvalue weighted by Gasteiger charge is -2.28. The van der Waals surface area contributed by atoms with E-state index in [4.69, 9.17) is 9.73 Å². The van der Waals surface area contributed by atoms with E-state index in [9.17, 15) is 19.5 Å². The largest absolute Gasteiger partial charge is 0.481 e. The third-order valence-corrected chi connectivity index (χ3v) is 8.04. The summed E-state index contributed by atoms with van der Waals surface area (Å²) in [6.45, 7) is 7.75. The van der Waals surface area contributed by atoms with Crippen LogP contribution in [-0.2, 0) is 20.9 Å². The topological polar surface area (TPSA) is 108 Å². The summed E-state index contributed by atoms with van der Waals surface area (Å²) in [6, 6.07) is 34.0. The molecular formula is C39H39N3O5. The van der Waals surface area contributed by atoms with Gasteiger partial charge in [0.25, 0.3) is 5.91 Å². The SMILES string of the molecule is C=CC[C@H](C(=O)O)C(CC(C)C)C(=O)NC1N=C(c2ccccc2)c2ccccc2N(Cc2cccc(Oc3ccccc3)c2)C1=O. The first-order chi connectivity index (χ1) is 22.7. The standard InChI is InChI=1S/C39H39N3O5/c1-4-14-31(39(45)46)33(23-26(2)3)37(43)41-36-38(44)42(25-27-15-13-20-30(24-27)47-29-18-9-6-10-19-29)34-22-12-11-21-32(34)35(40-36)28-16-7-5-8-17-28/h4-13,15-22,24,26,31,33,36H,1,14,23,25H2,2-3H3,(H,41,43)(H,45,46)/t31-,33?,36?/m0/s1. The molecule has 4 aromatic carbocycles. The molecule has 0 fully saturated rings. The molecule has 0 aromatic heterocycles. The summed E-state index contributed by atoms with van der Waals surface area (Å²) in [6.07, 6.45) is 0.651. The van der Waals surface area contributed by atoms with Crippen molar-refractivity contribution in [3.63, 3.8) is 0 Å². The fourth-order valence-electron chi connectivity index (χ4n) is 5.85. The third-order valence-electron chi connectivity index (χ3n) is 8.04. The van der Waals surface area contributed by atoms with Crippen LogP contribution in [0, 0.1) is 17.8 Å². The Balaban J connectivity index is 1.55. The fraction of sp³-hybridized carbons (Fsp3) is 0.231. The van der Waals surface area contributed by atoms with Crippen LogP contribution >= 0.6 is 0 Å². The number of benzodiazepines with no additional fused rings is 1. The number of carboxylic acids is 1. The van der Waals surface area contributed by atoms with E-state index < -0.39 is 35.8 Å². The summed E-state index contributed by atoms with van der Waals surface area (Å²) < 4.78 is 6.06. The molecule has 1 aliphatic rings. The number of fused-ring (bicyclic) bond motifs is 1. The van der Waals surface area contributed by atoms with Crippen LogP contribution in [0.25, 0.3) is 0 Å². The quantitative estimate of drug-likeness (QED) is 0.152. The number of aliphatic imine (C=N–C) groups is 1. The Hall–Kier alpha value is -5.50. The maximum Gasteiger partial charge on any atom is 0.307 e. The minimum absolute atomic E-state index is 0.0387. The third kappa shape index (κ3) is 8.02. The van der Waals surface area contributed by atoms with Crippen molar-refractivity contribution in [1.29, 1.82) is 0 Å².